The zero-order chi connectivity index (χ0) is 24.9. The van der Waals surface area contributed by atoms with Crippen molar-refractivity contribution in [1.29, 1.82) is 0 Å². The lowest BCUT2D eigenvalue weighted by Gasteiger charge is -2.72. The van der Waals surface area contributed by atoms with Gasteiger partial charge in [-0.05, 0) is 121 Å². The molecule has 0 bridgehead atoms. The summed E-state index contributed by atoms with van der Waals surface area (Å²) >= 11 is 0. The van der Waals surface area contributed by atoms with E-state index in [1.165, 1.54) is 12.8 Å². The molecule has 5 fully saturated rings. The normalized spacial score (nSPS) is 53.7. The van der Waals surface area contributed by atoms with Crippen LogP contribution in [0.3, 0.4) is 0 Å². The number of fused-ring (bicyclic) bond motifs is 7. The van der Waals surface area contributed by atoms with Gasteiger partial charge in [0.15, 0.2) is 0 Å². The predicted molar refractivity (Wildman–Crippen MR) is 134 cm³/mol. The van der Waals surface area contributed by atoms with Crippen LogP contribution in [-0.2, 0) is 4.79 Å². The van der Waals surface area contributed by atoms with Gasteiger partial charge in [-0.2, -0.15) is 0 Å². The molecule has 0 aromatic rings. The molecular weight excluding hydrogens is 424 g/mol. The van der Waals surface area contributed by atoms with Crippen LogP contribution in [-0.4, -0.2) is 34.0 Å². The van der Waals surface area contributed by atoms with E-state index in [4.69, 9.17) is 0 Å². The number of rotatable bonds is 3. The maximum Gasteiger partial charge on any atom is 0.309 e. The molecule has 4 nitrogen and oxygen atoms in total. The average molecular weight is 473 g/mol. The van der Waals surface area contributed by atoms with Gasteiger partial charge in [0.25, 0.3) is 0 Å². The van der Waals surface area contributed by atoms with Crippen LogP contribution in [0.1, 0.15) is 98.8 Å². The Morgan fingerprint density at radius 1 is 0.853 bits per heavy atom. The highest BCUT2D eigenvalue weighted by atomic mass is 16.4. The summed E-state index contributed by atoms with van der Waals surface area (Å²) in [6, 6.07) is 0. The third kappa shape index (κ3) is 2.82. The van der Waals surface area contributed by atoms with Crippen LogP contribution in [0.4, 0.5) is 0 Å². The van der Waals surface area contributed by atoms with Gasteiger partial charge in [0, 0.05) is 0 Å². The molecule has 5 aliphatic rings. The first-order valence-electron chi connectivity index (χ1n) is 14.0. The van der Waals surface area contributed by atoms with Gasteiger partial charge in [-0.1, -0.05) is 41.2 Å². The summed E-state index contributed by atoms with van der Waals surface area (Å²) < 4.78 is 0. The molecule has 192 valence electrons. The maximum absolute atomic E-state index is 12.8. The number of hydrogen-bond acceptors (Lipinski definition) is 3. The quantitative estimate of drug-likeness (QED) is 0.436. The standard InChI is InChI=1S/C30H48O4/c1-18(17-31)19-9-14-30(25(33)34)16-15-28(5)20(24(19)30)7-8-22-27(4)12-11-23(32)26(2,3)21(27)10-13-29(22,28)6/h19-24,31-32H,1,7-17H2,2-6H3,(H,33,34)/t19-,20-,21-,22+,23-,24+,27-,28+,29+,30-/m0/s1. The van der Waals surface area contributed by atoms with E-state index in [0.717, 1.165) is 56.9 Å². The van der Waals surface area contributed by atoms with Gasteiger partial charge >= 0.3 is 5.97 Å². The molecule has 5 saturated carbocycles. The lowest BCUT2D eigenvalue weighted by atomic mass is 9.32. The van der Waals surface area contributed by atoms with Gasteiger partial charge in [-0.15, -0.1) is 0 Å². The highest BCUT2D eigenvalue weighted by Gasteiger charge is 2.72. The minimum Gasteiger partial charge on any atom is -0.481 e. The molecule has 0 heterocycles. The molecule has 0 unspecified atom stereocenters. The first-order chi connectivity index (χ1) is 15.8. The average Bonchev–Trinajstić information content (AvgIpc) is 3.18. The van der Waals surface area contributed by atoms with E-state index in [9.17, 15) is 20.1 Å². The Labute approximate surface area is 206 Å². The first-order valence-corrected chi connectivity index (χ1v) is 14.0. The van der Waals surface area contributed by atoms with E-state index in [2.05, 4.69) is 41.2 Å². The number of carboxylic acids is 1. The molecule has 34 heavy (non-hydrogen) atoms. The van der Waals surface area contributed by atoms with Gasteiger partial charge in [0.05, 0.1) is 18.1 Å². The zero-order valence-corrected chi connectivity index (χ0v) is 22.2. The summed E-state index contributed by atoms with van der Waals surface area (Å²) in [4.78, 5) is 12.8. The van der Waals surface area contributed by atoms with Crippen molar-refractivity contribution < 1.29 is 20.1 Å². The highest BCUT2D eigenvalue weighted by molar-refractivity contribution is 5.76. The Morgan fingerprint density at radius 2 is 1.56 bits per heavy atom. The SMILES string of the molecule is C=C(CO)[C@@H]1CC[C@]2(C(=O)O)CC[C@]3(C)[C@@H](CC[C@@H]4[C@@]5(C)CC[C@H](O)C(C)(C)[C@@H]5CC[C@]43C)[C@@H]12. The molecular formula is C30H48O4. The summed E-state index contributed by atoms with van der Waals surface area (Å²) in [6.07, 6.45) is 9.75. The number of carbonyl (C=O) groups is 1. The monoisotopic (exact) mass is 472 g/mol. The van der Waals surface area contributed by atoms with E-state index < -0.39 is 11.4 Å². The Bertz CT molecular complexity index is 879. The highest BCUT2D eigenvalue weighted by Crippen LogP contribution is 2.77. The summed E-state index contributed by atoms with van der Waals surface area (Å²) in [6.45, 7) is 16.4. The number of aliphatic carboxylic acids is 1. The Kier molecular flexibility index (Phi) is 5.52. The fourth-order valence-electron chi connectivity index (χ4n) is 11.5. The fourth-order valence-corrected chi connectivity index (χ4v) is 11.5. The number of aliphatic hydroxyl groups is 2. The van der Waals surface area contributed by atoms with Gasteiger partial charge in [-0.25, -0.2) is 0 Å². The molecule has 0 aliphatic heterocycles. The van der Waals surface area contributed by atoms with E-state index in [0.29, 0.717) is 17.8 Å². The molecule has 0 radical (unpaired) electrons. The van der Waals surface area contributed by atoms with Crippen LogP contribution >= 0.6 is 0 Å². The molecule has 4 heteroatoms. The largest absolute Gasteiger partial charge is 0.481 e. The molecule has 0 aromatic heterocycles. The lowest BCUT2D eigenvalue weighted by molar-refractivity contribution is -0.248. The molecule has 5 rings (SSSR count). The second-order valence-corrected chi connectivity index (χ2v) is 14.5. The van der Waals surface area contributed by atoms with Crippen molar-refractivity contribution in [3.8, 4) is 0 Å². The minimum absolute atomic E-state index is 0.0304. The Balaban J connectivity index is 1.56. The summed E-state index contributed by atoms with van der Waals surface area (Å²) in [7, 11) is 0. The second-order valence-electron chi connectivity index (χ2n) is 14.5. The predicted octanol–water partition coefficient (Wildman–Crippen LogP) is 6.06. The minimum atomic E-state index is -0.645. The van der Waals surface area contributed by atoms with Crippen molar-refractivity contribution in [2.75, 3.05) is 6.61 Å². The van der Waals surface area contributed by atoms with Crippen molar-refractivity contribution in [2.24, 2.45) is 56.7 Å². The van der Waals surface area contributed by atoms with Crippen molar-refractivity contribution in [2.45, 2.75) is 105 Å². The molecule has 10 atom stereocenters. The summed E-state index contributed by atoms with van der Waals surface area (Å²) in [5.74, 6) is 1.13. The Morgan fingerprint density at radius 3 is 2.21 bits per heavy atom. The zero-order valence-electron chi connectivity index (χ0n) is 22.2. The molecule has 0 amide bonds. The second kappa shape index (κ2) is 7.57. The van der Waals surface area contributed by atoms with E-state index in [-0.39, 0.29) is 46.2 Å². The van der Waals surface area contributed by atoms with Crippen LogP contribution in [0.2, 0.25) is 0 Å². The molecule has 0 spiro atoms. The van der Waals surface area contributed by atoms with E-state index in [1.807, 2.05) is 0 Å². The first kappa shape index (κ1) is 24.8. The third-order valence-electron chi connectivity index (χ3n) is 13.6. The van der Waals surface area contributed by atoms with Crippen molar-refractivity contribution in [1.82, 2.24) is 0 Å². The number of carboxylic acid groups (broad SMARTS) is 1. The fraction of sp³-hybridized carbons (Fsp3) is 0.900. The molecule has 0 saturated heterocycles. The van der Waals surface area contributed by atoms with Crippen LogP contribution in [0.25, 0.3) is 0 Å². The molecule has 0 aromatic carbocycles. The third-order valence-corrected chi connectivity index (χ3v) is 13.6. The van der Waals surface area contributed by atoms with Gasteiger partial charge in [0.1, 0.15) is 0 Å². The van der Waals surface area contributed by atoms with E-state index >= 15 is 0 Å². The van der Waals surface area contributed by atoms with Crippen LogP contribution in [0.5, 0.6) is 0 Å². The number of aliphatic hydroxyl groups excluding tert-OH is 2. The summed E-state index contributed by atoms with van der Waals surface area (Å²) in [5.41, 5.74) is 0.669. The van der Waals surface area contributed by atoms with Crippen LogP contribution < -0.4 is 0 Å². The smallest absolute Gasteiger partial charge is 0.309 e. The summed E-state index contributed by atoms with van der Waals surface area (Å²) in [5, 5.41) is 31.4. The van der Waals surface area contributed by atoms with E-state index in [1.54, 1.807) is 0 Å². The number of hydrogen-bond donors (Lipinski definition) is 3. The van der Waals surface area contributed by atoms with Gasteiger partial charge in [-0.3, -0.25) is 4.79 Å². The lowest BCUT2D eigenvalue weighted by Crippen LogP contribution is -2.67. The maximum atomic E-state index is 12.8. The van der Waals surface area contributed by atoms with Gasteiger partial charge < -0.3 is 15.3 Å². The van der Waals surface area contributed by atoms with Crippen LogP contribution in [0.15, 0.2) is 12.2 Å². The van der Waals surface area contributed by atoms with Gasteiger partial charge in [0.2, 0.25) is 0 Å². The van der Waals surface area contributed by atoms with Crippen LogP contribution in [0, 0.1) is 56.7 Å². The van der Waals surface area contributed by atoms with Crippen molar-refractivity contribution >= 4 is 5.97 Å². The Hall–Kier alpha value is -0.870. The van der Waals surface area contributed by atoms with Crippen molar-refractivity contribution in [3.63, 3.8) is 0 Å². The molecule has 3 N–H and O–H groups in total. The van der Waals surface area contributed by atoms with Crippen molar-refractivity contribution in [3.05, 3.63) is 12.2 Å². The topological polar surface area (TPSA) is 77.8 Å². The molecule has 5 aliphatic carbocycles.